The molecule has 4 nitrogen and oxygen atoms in total. The van der Waals surface area contributed by atoms with Crippen molar-refractivity contribution in [3.63, 3.8) is 0 Å². The molecule has 0 fully saturated rings. The van der Waals surface area contributed by atoms with Crippen molar-refractivity contribution in [1.29, 1.82) is 0 Å². The molecule has 1 aromatic rings. The van der Waals surface area contributed by atoms with Gasteiger partial charge in [-0.25, -0.2) is 0 Å². The maximum absolute atomic E-state index is 11.7. The lowest BCUT2D eigenvalue weighted by Crippen LogP contribution is -2.33. The molecule has 1 aromatic carbocycles. The van der Waals surface area contributed by atoms with Gasteiger partial charge in [0.15, 0.2) is 0 Å². The van der Waals surface area contributed by atoms with E-state index in [-0.39, 0.29) is 11.8 Å². The topological polar surface area (TPSA) is 58.2 Å². The molecule has 100 valence electrons. The Hall–Kier alpha value is -2.36. The van der Waals surface area contributed by atoms with Gasteiger partial charge >= 0.3 is 0 Å². The second-order valence-corrected chi connectivity index (χ2v) is 3.80. The van der Waals surface area contributed by atoms with E-state index in [0.717, 1.165) is 0 Å². The number of hydrogen-bond acceptors (Lipinski definition) is 2. The number of nitrogens with one attached hydrogen (secondary N) is 2. The van der Waals surface area contributed by atoms with Crippen molar-refractivity contribution >= 4 is 11.8 Å². The molecule has 4 heteroatoms. The summed E-state index contributed by atoms with van der Waals surface area (Å²) in [6.07, 6.45) is 6.72. The highest BCUT2D eigenvalue weighted by atomic mass is 16.2. The lowest BCUT2D eigenvalue weighted by atomic mass is 10.2. The fourth-order valence-electron chi connectivity index (χ4n) is 1.37. The molecule has 19 heavy (non-hydrogen) atoms. The minimum Gasteiger partial charge on any atom is -0.351 e. The van der Waals surface area contributed by atoms with E-state index < -0.39 is 0 Å². The Morgan fingerprint density at radius 2 is 1.74 bits per heavy atom. The first-order valence-electron chi connectivity index (χ1n) is 6.14. The minimum absolute atomic E-state index is 0.140. The molecule has 0 aromatic heterocycles. The molecule has 0 heterocycles. The number of benzene rings is 1. The Bertz CT molecular complexity index is 464. The molecule has 0 saturated carbocycles. The van der Waals surface area contributed by atoms with Crippen LogP contribution in [0.5, 0.6) is 0 Å². The summed E-state index contributed by atoms with van der Waals surface area (Å²) < 4.78 is 0. The van der Waals surface area contributed by atoms with Crippen LogP contribution in [0.2, 0.25) is 0 Å². The van der Waals surface area contributed by atoms with Crippen LogP contribution < -0.4 is 10.6 Å². The lowest BCUT2D eigenvalue weighted by Gasteiger charge is -2.05. The molecule has 0 spiro atoms. The summed E-state index contributed by atoms with van der Waals surface area (Å²) in [4.78, 5) is 22.9. The molecule has 2 N–H and O–H groups in total. The van der Waals surface area contributed by atoms with E-state index in [1.54, 1.807) is 24.3 Å². The van der Waals surface area contributed by atoms with Gasteiger partial charge in [0.1, 0.15) is 0 Å². The van der Waals surface area contributed by atoms with Gasteiger partial charge in [0.25, 0.3) is 5.91 Å². The molecule has 2 amide bonds. The van der Waals surface area contributed by atoms with Crippen molar-refractivity contribution in [1.82, 2.24) is 10.6 Å². The smallest absolute Gasteiger partial charge is 0.251 e. The monoisotopic (exact) mass is 258 g/mol. The third-order valence-electron chi connectivity index (χ3n) is 2.30. The number of rotatable bonds is 6. The van der Waals surface area contributed by atoms with Crippen LogP contribution in [0, 0.1) is 0 Å². The highest BCUT2D eigenvalue weighted by molar-refractivity contribution is 5.94. The summed E-state index contributed by atoms with van der Waals surface area (Å²) in [6.45, 7) is 2.68. The van der Waals surface area contributed by atoms with Crippen molar-refractivity contribution in [3.8, 4) is 0 Å². The van der Waals surface area contributed by atoms with E-state index >= 15 is 0 Å². The second kappa shape index (κ2) is 8.69. The van der Waals surface area contributed by atoms with E-state index in [4.69, 9.17) is 0 Å². The van der Waals surface area contributed by atoms with Crippen LogP contribution in [0.1, 0.15) is 17.3 Å². The van der Waals surface area contributed by atoms with Crippen molar-refractivity contribution in [2.24, 2.45) is 0 Å². The third kappa shape index (κ3) is 6.21. The van der Waals surface area contributed by atoms with Crippen LogP contribution >= 0.6 is 0 Å². The Labute approximate surface area is 113 Å². The van der Waals surface area contributed by atoms with E-state index in [9.17, 15) is 9.59 Å². The second-order valence-electron chi connectivity index (χ2n) is 3.80. The molecule has 0 radical (unpaired) electrons. The summed E-state index contributed by atoms with van der Waals surface area (Å²) in [6, 6.07) is 8.96. The quantitative estimate of drug-likeness (QED) is 0.463. The maximum atomic E-state index is 11.7. The van der Waals surface area contributed by atoms with Crippen LogP contribution in [0.15, 0.2) is 54.6 Å². The van der Waals surface area contributed by atoms with Crippen LogP contribution in [0.25, 0.3) is 0 Å². The Kier molecular flexibility index (Phi) is 6.72. The lowest BCUT2D eigenvalue weighted by molar-refractivity contribution is -0.116. The van der Waals surface area contributed by atoms with Crippen LogP contribution in [0.3, 0.4) is 0 Å². The zero-order valence-electron chi connectivity index (χ0n) is 10.9. The van der Waals surface area contributed by atoms with Crippen molar-refractivity contribution in [2.75, 3.05) is 13.1 Å². The third-order valence-corrected chi connectivity index (χ3v) is 2.30. The summed E-state index contributed by atoms with van der Waals surface area (Å²) in [5, 5.41) is 5.40. The molecule has 0 unspecified atom stereocenters. The van der Waals surface area contributed by atoms with E-state index in [2.05, 4.69) is 10.6 Å². The molecule has 0 saturated heterocycles. The van der Waals surface area contributed by atoms with Gasteiger partial charge in [0.05, 0.1) is 0 Å². The molecule has 1 rings (SSSR count). The molecule has 0 aliphatic rings. The molecule has 0 aliphatic heterocycles. The van der Waals surface area contributed by atoms with Gasteiger partial charge in [-0.2, -0.15) is 0 Å². The average Bonchev–Trinajstić information content (AvgIpc) is 2.44. The minimum atomic E-state index is -0.174. The van der Waals surface area contributed by atoms with Gasteiger partial charge in [-0.3, -0.25) is 9.59 Å². The zero-order chi connectivity index (χ0) is 13.9. The highest BCUT2D eigenvalue weighted by Gasteiger charge is 2.02. The van der Waals surface area contributed by atoms with E-state index in [1.807, 2.05) is 31.2 Å². The van der Waals surface area contributed by atoms with Crippen molar-refractivity contribution < 1.29 is 9.59 Å². The van der Waals surface area contributed by atoms with Crippen LogP contribution in [0.4, 0.5) is 0 Å². The van der Waals surface area contributed by atoms with Crippen LogP contribution in [-0.4, -0.2) is 24.9 Å². The molecule has 0 atom stereocenters. The first kappa shape index (κ1) is 14.7. The Balaban J connectivity index is 2.21. The fourth-order valence-corrected chi connectivity index (χ4v) is 1.37. The number of hydrogen-bond donors (Lipinski definition) is 2. The number of allylic oxidation sites excluding steroid dienone is 3. The van der Waals surface area contributed by atoms with Gasteiger partial charge < -0.3 is 10.6 Å². The van der Waals surface area contributed by atoms with Crippen molar-refractivity contribution in [2.45, 2.75) is 6.92 Å². The number of carbonyl (C=O) groups is 2. The van der Waals surface area contributed by atoms with E-state index in [1.165, 1.54) is 6.08 Å². The highest BCUT2D eigenvalue weighted by Crippen LogP contribution is 1.96. The fraction of sp³-hybridized carbons (Fsp3) is 0.200. The first-order valence-corrected chi connectivity index (χ1v) is 6.14. The Morgan fingerprint density at radius 3 is 2.42 bits per heavy atom. The van der Waals surface area contributed by atoms with Gasteiger partial charge in [-0.05, 0) is 19.1 Å². The van der Waals surface area contributed by atoms with Gasteiger partial charge in [-0.1, -0.05) is 36.4 Å². The molecular formula is C15H18N2O2. The largest absolute Gasteiger partial charge is 0.351 e. The molecule has 0 bridgehead atoms. The zero-order valence-corrected chi connectivity index (χ0v) is 10.9. The number of amides is 2. The number of carbonyl (C=O) groups excluding carboxylic acids is 2. The van der Waals surface area contributed by atoms with Gasteiger partial charge in [0.2, 0.25) is 5.91 Å². The average molecular weight is 258 g/mol. The predicted molar refractivity (Wildman–Crippen MR) is 75.7 cm³/mol. The van der Waals surface area contributed by atoms with Gasteiger partial charge in [0, 0.05) is 24.7 Å². The SMILES string of the molecule is C/C=C/C=C/C(=O)NCCNC(=O)c1ccccc1. The maximum Gasteiger partial charge on any atom is 0.251 e. The standard InChI is InChI=1S/C15H18N2O2/c1-2-3-5-10-14(18)16-11-12-17-15(19)13-8-6-4-7-9-13/h2-10H,11-12H2,1H3,(H,16,18)(H,17,19)/b3-2+,10-5+. The van der Waals surface area contributed by atoms with Crippen molar-refractivity contribution in [3.05, 3.63) is 60.2 Å². The summed E-state index contributed by atoms with van der Waals surface area (Å²) in [5.41, 5.74) is 0.613. The normalized spacial score (nSPS) is 10.8. The van der Waals surface area contributed by atoms with Crippen LogP contribution in [-0.2, 0) is 4.79 Å². The van der Waals surface area contributed by atoms with Gasteiger partial charge in [-0.15, -0.1) is 0 Å². The summed E-state index contributed by atoms with van der Waals surface area (Å²) in [5.74, 6) is -0.314. The Morgan fingerprint density at radius 1 is 1.05 bits per heavy atom. The molecule has 0 aliphatic carbocycles. The summed E-state index contributed by atoms with van der Waals surface area (Å²) >= 11 is 0. The van der Waals surface area contributed by atoms with E-state index in [0.29, 0.717) is 18.7 Å². The predicted octanol–water partition coefficient (Wildman–Crippen LogP) is 1.66. The molecular weight excluding hydrogens is 240 g/mol. The first-order chi connectivity index (χ1) is 9.24. The summed E-state index contributed by atoms with van der Waals surface area (Å²) in [7, 11) is 0.